The number of amides is 2. The first-order chi connectivity index (χ1) is 9.99. The standard InChI is InChI=1S/C14H13Cl2N3O2/c15-10-2-1-9(5-11(10)16)6-12(18-8-20)13(21)19-14(7-17)3-4-14/h1-2,5,8,12H,3-4,6H2,(H,18,20)(H,19,21). The maximum Gasteiger partial charge on any atom is 0.244 e. The number of nitriles is 1. The quantitative estimate of drug-likeness (QED) is 0.783. The van der Waals surface area contributed by atoms with Crippen molar-refractivity contribution in [3.8, 4) is 6.07 Å². The van der Waals surface area contributed by atoms with E-state index in [0.717, 1.165) is 5.56 Å². The van der Waals surface area contributed by atoms with Crippen molar-refractivity contribution < 1.29 is 9.59 Å². The van der Waals surface area contributed by atoms with Crippen LogP contribution in [0.25, 0.3) is 0 Å². The number of hydrogen-bond acceptors (Lipinski definition) is 3. The molecule has 0 spiro atoms. The Bertz CT molecular complexity index is 609. The van der Waals surface area contributed by atoms with E-state index in [1.165, 1.54) is 0 Å². The Balaban J connectivity index is 2.07. The molecule has 110 valence electrons. The van der Waals surface area contributed by atoms with Crippen LogP contribution in [0.5, 0.6) is 0 Å². The van der Waals surface area contributed by atoms with Gasteiger partial charge in [-0.3, -0.25) is 9.59 Å². The lowest BCUT2D eigenvalue weighted by Gasteiger charge is -2.18. The molecule has 1 fully saturated rings. The van der Waals surface area contributed by atoms with Crippen molar-refractivity contribution in [2.75, 3.05) is 0 Å². The number of benzene rings is 1. The Hall–Kier alpha value is -1.77. The average molecular weight is 326 g/mol. The van der Waals surface area contributed by atoms with Gasteiger partial charge >= 0.3 is 0 Å². The molecular formula is C14H13Cl2N3O2. The Morgan fingerprint density at radius 2 is 2.14 bits per heavy atom. The number of hydrogen-bond donors (Lipinski definition) is 2. The molecule has 1 unspecified atom stereocenters. The van der Waals surface area contributed by atoms with Gasteiger partial charge in [0.15, 0.2) is 0 Å². The molecule has 1 aromatic carbocycles. The third kappa shape index (κ3) is 3.87. The van der Waals surface area contributed by atoms with Crippen LogP contribution >= 0.6 is 23.2 Å². The van der Waals surface area contributed by atoms with Crippen LogP contribution in [0.1, 0.15) is 18.4 Å². The number of nitrogens with zero attached hydrogens (tertiary/aromatic N) is 1. The summed E-state index contributed by atoms with van der Waals surface area (Å²) in [6, 6.07) is 6.33. The number of nitrogens with one attached hydrogen (secondary N) is 2. The third-order valence-corrected chi connectivity index (χ3v) is 4.08. The highest BCUT2D eigenvalue weighted by molar-refractivity contribution is 6.42. The van der Waals surface area contributed by atoms with Crippen LogP contribution in [0.4, 0.5) is 0 Å². The van der Waals surface area contributed by atoms with Crippen LogP contribution in [-0.2, 0) is 16.0 Å². The van der Waals surface area contributed by atoms with E-state index >= 15 is 0 Å². The van der Waals surface area contributed by atoms with Crippen LogP contribution in [-0.4, -0.2) is 23.9 Å². The summed E-state index contributed by atoms with van der Waals surface area (Å²) in [6.45, 7) is 0. The first kappa shape index (κ1) is 15.6. The van der Waals surface area contributed by atoms with E-state index in [2.05, 4.69) is 16.7 Å². The van der Waals surface area contributed by atoms with E-state index in [0.29, 0.717) is 29.3 Å². The predicted octanol–water partition coefficient (Wildman–Crippen LogP) is 1.82. The smallest absolute Gasteiger partial charge is 0.244 e. The minimum atomic E-state index is -0.766. The van der Waals surface area contributed by atoms with Gasteiger partial charge in [0.1, 0.15) is 11.6 Å². The fraction of sp³-hybridized carbons (Fsp3) is 0.357. The zero-order valence-electron chi connectivity index (χ0n) is 11.0. The van der Waals surface area contributed by atoms with Crippen molar-refractivity contribution in [3.63, 3.8) is 0 Å². The van der Waals surface area contributed by atoms with Gasteiger partial charge in [0.2, 0.25) is 12.3 Å². The normalized spacial score (nSPS) is 16.4. The Labute approximate surface area is 132 Å². The van der Waals surface area contributed by atoms with Gasteiger partial charge in [-0.15, -0.1) is 0 Å². The molecule has 0 aliphatic heterocycles. The van der Waals surface area contributed by atoms with E-state index in [1.54, 1.807) is 18.2 Å². The molecule has 1 aliphatic rings. The van der Waals surface area contributed by atoms with Gasteiger partial charge in [0, 0.05) is 6.42 Å². The zero-order valence-corrected chi connectivity index (χ0v) is 12.5. The summed E-state index contributed by atoms with van der Waals surface area (Å²) >= 11 is 11.8. The number of halogens is 2. The van der Waals surface area contributed by atoms with Crippen molar-refractivity contribution in [2.45, 2.75) is 30.8 Å². The summed E-state index contributed by atoms with van der Waals surface area (Å²) in [5.74, 6) is -0.382. The highest BCUT2D eigenvalue weighted by atomic mass is 35.5. The summed E-state index contributed by atoms with van der Waals surface area (Å²) in [7, 11) is 0. The lowest BCUT2D eigenvalue weighted by Crippen LogP contribution is -2.49. The molecule has 0 bridgehead atoms. The summed E-state index contributed by atoms with van der Waals surface area (Å²) < 4.78 is 0. The van der Waals surface area contributed by atoms with Crippen LogP contribution in [0.15, 0.2) is 18.2 Å². The molecule has 2 amide bonds. The van der Waals surface area contributed by atoms with Crippen molar-refractivity contribution in [2.24, 2.45) is 0 Å². The van der Waals surface area contributed by atoms with Crippen LogP contribution in [0.2, 0.25) is 10.0 Å². The molecule has 1 atom stereocenters. The third-order valence-electron chi connectivity index (χ3n) is 3.34. The van der Waals surface area contributed by atoms with Crippen LogP contribution < -0.4 is 10.6 Å². The second-order valence-electron chi connectivity index (χ2n) is 4.97. The molecule has 1 aliphatic carbocycles. The maximum atomic E-state index is 12.2. The maximum absolute atomic E-state index is 12.2. The molecule has 2 rings (SSSR count). The van der Waals surface area contributed by atoms with E-state index in [4.69, 9.17) is 28.5 Å². The minimum absolute atomic E-state index is 0.267. The zero-order chi connectivity index (χ0) is 15.5. The van der Waals surface area contributed by atoms with E-state index < -0.39 is 11.6 Å². The molecule has 0 saturated heterocycles. The van der Waals surface area contributed by atoms with E-state index in [9.17, 15) is 9.59 Å². The summed E-state index contributed by atoms with van der Waals surface area (Å²) in [5.41, 5.74) is -0.00179. The number of carbonyl (C=O) groups is 2. The van der Waals surface area contributed by atoms with Gasteiger partial charge in [-0.2, -0.15) is 5.26 Å². The van der Waals surface area contributed by atoms with Crippen molar-refractivity contribution >= 4 is 35.5 Å². The molecule has 5 nitrogen and oxygen atoms in total. The Morgan fingerprint density at radius 1 is 1.43 bits per heavy atom. The highest BCUT2D eigenvalue weighted by Gasteiger charge is 2.45. The van der Waals surface area contributed by atoms with Crippen molar-refractivity contribution in [1.82, 2.24) is 10.6 Å². The van der Waals surface area contributed by atoms with E-state index in [-0.39, 0.29) is 12.3 Å². The molecule has 0 radical (unpaired) electrons. The van der Waals surface area contributed by atoms with Gasteiger partial charge in [-0.1, -0.05) is 29.3 Å². The molecular weight excluding hydrogens is 313 g/mol. The van der Waals surface area contributed by atoms with Crippen molar-refractivity contribution in [1.29, 1.82) is 5.26 Å². The van der Waals surface area contributed by atoms with Gasteiger partial charge in [-0.05, 0) is 30.5 Å². The van der Waals surface area contributed by atoms with Gasteiger partial charge in [-0.25, -0.2) is 0 Å². The summed E-state index contributed by atoms with van der Waals surface area (Å²) in [6.07, 6.45) is 2.00. The average Bonchev–Trinajstić information content (AvgIpc) is 3.22. The number of carbonyl (C=O) groups excluding carboxylic acids is 2. The second-order valence-corrected chi connectivity index (χ2v) is 5.79. The van der Waals surface area contributed by atoms with Crippen LogP contribution in [0.3, 0.4) is 0 Å². The molecule has 7 heteroatoms. The van der Waals surface area contributed by atoms with E-state index in [1.807, 2.05) is 0 Å². The molecule has 1 aromatic rings. The highest BCUT2D eigenvalue weighted by Crippen LogP contribution is 2.34. The molecule has 2 N–H and O–H groups in total. The molecule has 0 aromatic heterocycles. The summed E-state index contributed by atoms with van der Waals surface area (Å²) in [5, 5.41) is 14.9. The van der Waals surface area contributed by atoms with Gasteiger partial charge < -0.3 is 10.6 Å². The summed E-state index contributed by atoms with van der Waals surface area (Å²) in [4.78, 5) is 22.8. The Morgan fingerprint density at radius 3 is 2.67 bits per heavy atom. The van der Waals surface area contributed by atoms with Crippen molar-refractivity contribution in [3.05, 3.63) is 33.8 Å². The largest absolute Gasteiger partial charge is 0.347 e. The topological polar surface area (TPSA) is 82.0 Å². The lowest BCUT2D eigenvalue weighted by molar-refractivity contribution is -0.125. The fourth-order valence-electron chi connectivity index (χ4n) is 1.92. The second kappa shape index (κ2) is 6.33. The molecule has 21 heavy (non-hydrogen) atoms. The lowest BCUT2D eigenvalue weighted by atomic mass is 10.0. The minimum Gasteiger partial charge on any atom is -0.347 e. The van der Waals surface area contributed by atoms with Crippen LogP contribution in [0, 0.1) is 11.3 Å². The first-order valence-electron chi connectivity index (χ1n) is 6.36. The Kier molecular flexibility index (Phi) is 4.71. The first-order valence-corrected chi connectivity index (χ1v) is 7.12. The molecule has 0 heterocycles. The van der Waals surface area contributed by atoms with Gasteiger partial charge in [0.05, 0.1) is 16.1 Å². The SMILES string of the molecule is N#CC1(NC(=O)C(Cc2ccc(Cl)c(Cl)c2)NC=O)CC1. The predicted molar refractivity (Wildman–Crippen MR) is 78.9 cm³/mol. The fourth-order valence-corrected chi connectivity index (χ4v) is 2.25. The monoisotopic (exact) mass is 325 g/mol. The molecule has 1 saturated carbocycles. The number of rotatable bonds is 6. The van der Waals surface area contributed by atoms with Gasteiger partial charge in [0.25, 0.3) is 0 Å².